The highest BCUT2D eigenvalue weighted by Gasteiger charge is 2.16. The second-order valence-corrected chi connectivity index (χ2v) is 5.72. The van der Waals surface area contributed by atoms with Gasteiger partial charge in [0.1, 0.15) is 12.4 Å². The van der Waals surface area contributed by atoms with Crippen molar-refractivity contribution in [2.45, 2.75) is 25.9 Å². The third-order valence-corrected chi connectivity index (χ3v) is 3.96. The molecule has 0 aliphatic carbocycles. The number of hydrogen-bond donors (Lipinski definition) is 2. The van der Waals surface area contributed by atoms with E-state index >= 15 is 0 Å². The minimum atomic E-state index is -0.884. The fourth-order valence-electron chi connectivity index (χ4n) is 2.25. The predicted molar refractivity (Wildman–Crippen MR) is 88.8 cm³/mol. The molecule has 0 spiro atoms. The zero-order valence-corrected chi connectivity index (χ0v) is 13.6. The first-order valence-electron chi connectivity index (χ1n) is 7.25. The van der Waals surface area contributed by atoms with E-state index in [9.17, 15) is 4.79 Å². The molecule has 0 radical (unpaired) electrons. The Morgan fingerprint density at radius 3 is 2.87 bits per heavy atom. The van der Waals surface area contributed by atoms with Crippen molar-refractivity contribution in [3.8, 4) is 5.75 Å². The van der Waals surface area contributed by atoms with Crippen molar-refractivity contribution in [1.29, 1.82) is 0 Å². The molecule has 23 heavy (non-hydrogen) atoms. The van der Waals surface area contributed by atoms with Crippen molar-refractivity contribution in [1.82, 2.24) is 4.98 Å². The van der Waals surface area contributed by atoms with Crippen LogP contribution in [-0.4, -0.2) is 22.6 Å². The predicted octanol–water partition coefficient (Wildman–Crippen LogP) is 3.14. The quantitative estimate of drug-likeness (QED) is 0.812. The van der Waals surface area contributed by atoms with Gasteiger partial charge < -0.3 is 15.6 Å². The van der Waals surface area contributed by atoms with Crippen LogP contribution in [0, 0.1) is 6.92 Å². The average Bonchev–Trinajstić information content (AvgIpc) is 2.53. The molecule has 0 saturated heterocycles. The fraction of sp³-hybridized carbons (Fsp3) is 0.294. The average molecular weight is 335 g/mol. The first-order valence-corrected chi connectivity index (χ1v) is 7.62. The SMILES string of the molecule is Cc1cnccc1COc1cc([C@H](CN)CC(=O)O)ccc1Cl. The van der Waals surface area contributed by atoms with E-state index in [0.29, 0.717) is 17.4 Å². The third-order valence-electron chi connectivity index (χ3n) is 3.65. The highest BCUT2D eigenvalue weighted by atomic mass is 35.5. The summed E-state index contributed by atoms with van der Waals surface area (Å²) in [6, 6.07) is 7.14. The second-order valence-electron chi connectivity index (χ2n) is 5.31. The van der Waals surface area contributed by atoms with Crippen molar-refractivity contribution in [3.63, 3.8) is 0 Å². The lowest BCUT2D eigenvalue weighted by molar-refractivity contribution is -0.137. The van der Waals surface area contributed by atoms with Crippen LogP contribution in [0.15, 0.2) is 36.7 Å². The van der Waals surface area contributed by atoms with Gasteiger partial charge in [-0.05, 0) is 48.4 Å². The van der Waals surface area contributed by atoms with Gasteiger partial charge in [0.15, 0.2) is 0 Å². The van der Waals surface area contributed by atoms with Gasteiger partial charge in [-0.25, -0.2) is 0 Å². The number of carboxylic acids is 1. The Morgan fingerprint density at radius 2 is 2.22 bits per heavy atom. The molecule has 2 aromatic rings. The van der Waals surface area contributed by atoms with Gasteiger partial charge in [-0.3, -0.25) is 9.78 Å². The number of aromatic nitrogens is 1. The van der Waals surface area contributed by atoms with Crippen molar-refractivity contribution in [2.24, 2.45) is 5.73 Å². The molecule has 2 rings (SSSR count). The van der Waals surface area contributed by atoms with Crippen molar-refractivity contribution in [3.05, 3.63) is 58.4 Å². The van der Waals surface area contributed by atoms with E-state index in [0.717, 1.165) is 16.7 Å². The summed E-state index contributed by atoms with van der Waals surface area (Å²) in [6.07, 6.45) is 3.45. The number of rotatable bonds is 7. The second kappa shape index (κ2) is 7.94. The number of ether oxygens (including phenoxy) is 1. The number of aliphatic carboxylic acids is 1. The fourth-order valence-corrected chi connectivity index (χ4v) is 2.42. The van der Waals surface area contributed by atoms with Crippen LogP contribution in [0.2, 0.25) is 5.02 Å². The maximum absolute atomic E-state index is 10.9. The summed E-state index contributed by atoms with van der Waals surface area (Å²) < 4.78 is 5.80. The van der Waals surface area contributed by atoms with E-state index in [1.807, 2.05) is 13.0 Å². The smallest absolute Gasteiger partial charge is 0.304 e. The van der Waals surface area contributed by atoms with Gasteiger partial charge in [-0.2, -0.15) is 0 Å². The Hall–Kier alpha value is -2.11. The molecule has 6 heteroatoms. The highest BCUT2D eigenvalue weighted by Crippen LogP contribution is 2.30. The molecule has 0 fully saturated rings. The third kappa shape index (κ3) is 4.68. The molecule has 1 aromatic heterocycles. The van der Waals surface area contributed by atoms with Gasteiger partial charge in [0, 0.05) is 18.3 Å². The van der Waals surface area contributed by atoms with E-state index in [-0.39, 0.29) is 18.9 Å². The molecule has 122 valence electrons. The number of carbonyl (C=O) groups is 1. The molecule has 1 heterocycles. The van der Waals surface area contributed by atoms with Crippen LogP contribution in [0.5, 0.6) is 5.75 Å². The van der Waals surface area contributed by atoms with Crippen molar-refractivity contribution >= 4 is 17.6 Å². The molecule has 3 N–H and O–H groups in total. The standard InChI is InChI=1S/C17H19ClN2O3/c1-11-9-20-5-4-13(11)10-23-16-6-12(2-3-15(16)18)14(8-19)7-17(21)22/h2-6,9,14H,7-8,10,19H2,1H3,(H,21,22)/t14-/m0/s1. The van der Waals surface area contributed by atoms with Crippen molar-refractivity contribution < 1.29 is 14.6 Å². The lowest BCUT2D eigenvalue weighted by atomic mass is 9.96. The first kappa shape index (κ1) is 17.2. The van der Waals surface area contributed by atoms with E-state index in [4.69, 9.17) is 27.2 Å². The summed E-state index contributed by atoms with van der Waals surface area (Å²) in [5.41, 5.74) is 8.54. The number of carboxylic acid groups (broad SMARTS) is 1. The van der Waals surface area contributed by atoms with E-state index < -0.39 is 5.97 Å². The molecule has 0 saturated carbocycles. The summed E-state index contributed by atoms with van der Waals surface area (Å²) in [7, 11) is 0. The Bertz CT molecular complexity index is 691. The van der Waals surface area contributed by atoms with Crippen LogP contribution in [0.4, 0.5) is 0 Å². The first-order chi connectivity index (χ1) is 11.0. The monoisotopic (exact) mass is 334 g/mol. The Morgan fingerprint density at radius 1 is 1.43 bits per heavy atom. The lowest BCUT2D eigenvalue weighted by Gasteiger charge is -2.16. The molecule has 1 atom stereocenters. The molecule has 0 aliphatic rings. The number of hydrogen-bond acceptors (Lipinski definition) is 4. The summed E-state index contributed by atoms with van der Waals surface area (Å²) in [5.74, 6) is -0.635. The van der Waals surface area contributed by atoms with Gasteiger partial charge in [0.05, 0.1) is 11.4 Å². The summed E-state index contributed by atoms with van der Waals surface area (Å²) >= 11 is 6.17. The van der Waals surface area contributed by atoms with Crippen molar-refractivity contribution in [2.75, 3.05) is 6.54 Å². The van der Waals surface area contributed by atoms with Crippen LogP contribution < -0.4 is 10.5 Å². The largest absolute Gasteiger partial charge is 0.487 e. The van der Waals surface area contributed by atoms with Crippen LogP contribution in [0.1, 0.15) is 29.0 Å². The number of pyridine rings is 1. The van der Waals surface area contributed by atoms with E-state index in [2.05, 4.69) is 4.98 Å². The topological polar surface area (TPSA) is 85.4 Å². The van der Waals surface area contributed by atoms with Crippen LogP contribution in [0.3, 0.4) is 0 Å². The molecule has 1 aromatic carbocycles. The highest BCUT2D eigenvalue weighted by molar-refractivity contribution is 6.32. The minimum Gasteiger partial charge on any atom is -0.487 e. The summed E-state index contributed by atoms with van der Waals surface area (Å²) in [4.78, 5) is 15.0. The molecular formula is C17H19ClN2O3. The number of aryl methyl sites for hydroxylation is 1. The van der Waals surface area contributed by atoms with Gasteiger partial charge >= 0.3 is 5.97 Å². The zero-order valence-electron chi connectivity index (χ0n) is 12.8. The summed E-state index contributed by atoms with van der Waals surface area (Å²) in [5, 5.41) is 9.44. The Labute approximate surface area is 140 Å². The van der Waals surface area contributed by atoms with Gasteiger partial charge in [-0.1, -0.05) is 17.7 Å². The van der Waals surface area contributed by atoms with Gasteiger partial charge in [-0.15, -0.1) is 0 Å². The van der Waals surface area contributed by atoms with Gasteiger partial charge in [0.25, 0.3) is 0 Å². The minimum absolute atomic E-state index is 0.0268. The zero-order chi connectivity index (χ0) is 16.8. The molecule has 0 unspecified atom stereocenters. The van der Waals surface area contributed by atoms with Gasteiger partial charge in [0.2, 0.25) is 0 Å². The lowest BCUT2D eigenvalue weighted by Crippen LogP contribution is -2.16. The number of benzene rings is 1. The molecular weight excluding hydrogens is 316 g/mol. The number of nitrogens with two attached hydrogens (primary N) is 1. The molecule has 5 nitrogen and oxygen atoms in total. The molecule has 0 aliphatic heterocycles. The number of halogens is 1. The van der Waals surface area contributed by atoms with Crippen LogP contribution in [0.25, 0.3) is 0 Å². The van der Waals surface area contributed by atoms with Crippen LogP contribution in [-0.2, 0) is 11.4 Å². The molecule has 0 amide bonds. The van der Waals surface area contributed by atoms with E-state index in [1.165, 1.54) is 0 Å². The Kier molecular flexibility index (Phi) is 5.96. The van der Waals surface area contributed by atoms with E-state index in [1.54, 1.807) is 30.6 Å². The summed E-state index contributed by atoms with van der Waals surface area (Å²) in [6.45, 7) is 2.57. The van der Waals surface area contributed by atoms with Crippen LogP contribution >= 0.6 is 11.6 Å². The Balaban J connectivity index is 2.17. The maximum atomic E-state index is 10.9. The normalized spacial score (nSPS) is 12.0. The molecule has 0 bridgehead atoms. The maximum Gasteiger partial charge on any atom is 0.304 e. The number of nitrogens with zero attached hydrogens (tertiary/aromatic N) is 1.